The highest BCUT2D eigenvalue weighted by molar-refractivity contribution is 6.03. The van der Waals surface area contributed by atoms with E-state index in [0.29, 0.717) is 49.1 Å². The summed E-state index contributed by atoms with van der Waals surface area (Å²) < 4.78 is 53.8. The molecule has 4 aliphatic heterocycles. The normalized spacial score (nSPS) is 26.6. The van der Waals surface area contributed by atoms with Crippen molar-refractivity contribution in [1.29, 1.82) is 0 Å². The number of ether oxygens (including phenoxy) is 1. The molecule has 3 aromatic carbocycles. The molecule has 0 radical (unpaired) electrons. The third-order valence-corrected chi connectivity index (χ3v) is 10.3. The van der Waals surface area contributed by atoms with Crippen LogP contribution in [-0.2, 0) is 6.42 Å². The van der Waals surface area contributed by atoms with Gasteiger partial charge in [-0.25, -0.2) is 13.2 Å². The molecule has 44 heavy (non-hydrogen) atoms. The van der Waals surface area contributed by atoms with Gasteiger partial charge in [0.2, 0.25) is 0 Å². The predicted molar refractivity (Wildman–Crippen MR) is 164 cm³/mol. The van der Waals surface area contributed by atoms with Gasteiger partial charge in [-0.15, -0.1) is 0 Å². The minimum atomic E-state index is -0.906. The quantitative estimate of drug-likeness (QED) is 0.285. The van der Waals surface area contributed by atoms with Crippen LogP contribution in [0.15, 0.2) is 36.4 Å². The summed E-state index contributed by atoms with van der Waals surface area (Å²) in [4.78, 5) is 13.6. The molecule has 0 spiro atoms. The number of aryl methyl sites for hydroxylation is 1. The number of aromatic nitrogens is 2. The third-order valence-electron chi connectivity index (χ3n) is 10.3. The summed E-state index contributed by atoms with van der Waals surface area (Å²) in [6.07, 6.45) is 4.00. The molecular formula is C34H36F3N5O2. The minimum absolute atomic E-state index is 0.00776. The molecule has 230 valence electrons. The lowest BCUT2D eigenvalue weighted by Crippen LogP contribution is -2.51. The maximum atomic E-state index is 16.9. The minimum Gasteiger partial charge on any atom is -0.508 e. The molecule has 4 saturated heterocycles. The number of rotatable bonds is 6. The summed E-state index contributed by atoms with van der Waals surface area (Å²) in [6, 6.07) is 10.5. The summed E-state index contributed by atoms with van der Waals surface area (Å²) in [5, 5.41) is 15.8. The molecule has 0 saturated carbocycles. The number of benzene rings is 3. The number of halogens is 3. The molecule has 4 aliphatic rings. The van der Waals surface area contributed by atoms with E-state index in [1.54, 1.807) is 6.07 Å². The molecule has 2 unspecified atom stereocenters. The fourth-order valence-corrected chi connectivity index (χ4v) is 8.31. The third kappa shape index (κ3) is 4.48. The Labute approximate surface area is 254 Å². The molecule has 0 aliphatic carbocycles. The highest BCUT2D eigenvalue weighted by Crippen LogP contribution is 2.43. The summed E-state index contributed by atoms with van der Waals surface area (Å²) >= 11 is 0. The summed E-state index contributed by atoms with van der Waals surface area (Å²) in [7, 11) is 0. The Morgan fingerprint density at radius 2 is 1.91 bits per heavy atom. The number of hydrogen-bond acceptors (Lipinski definition) is 7. The van der Waals surface area contributed by atoms with Crippen LogP contribution >= 0.6 is 0 Å². The Kier molecular flexibility index (Phi) is 6.64. The van der Waals surface area contributed by atoms with E-state index in [0.717, 1.165) is 37.8 Å². The molecular weight excluding hydrogens is 567 g/mol. The Bertz CT molecular complexity index is 1770. The van der Waals surface area contributed by atoms with Gasteiger partial charge in [-0.05, 0) is 78.7 Å². The monoisotopic (exact) mass is 603 g/mol. The zero-order valence-electron chi connectivity index (χ0n) is 24.8. The van der Waals surface area contributed by atoms with Crippen LogP contribution in [0.2, 0.25) is 0 Å². The second-order valence-electron chi connectivity index (χ2n) is 13.0. The second kappa shape index (κ2) is 10.5. The molecule has 1 aromatic heterocycles. The SMILES string of the molecule is CCc1cccc2cc(O)cc(-c3c(F)cc4c(N5CC6CCC(C5)N6)nc(OC[C@@]56CCCN5C[C@H](F)C6)nc4c3F)c12. The van der Waals surface area contributed by atoms with Crippen LogP contribution < -0.4 is 15.0 Å². The molecule has 2 bridgehead atoms. The van der Waals surface area contributed by atoms with Crippen LogP contribution in [-0.4, -0.2) is 76.6 Å². The van der Waals surface area contributed by atoms with E-state index in [4.69, 9.17) is 9.72 Å². The average molecular weight is 604 g/mol. The van der Waals surface area contributed by atoms with Crippen LogP contribution in [0.25, 0.3) is 32.8 Å². The van der Waals surface area contributed by atoms with Crippen LogP contribution in [0.5, 0.6) is 11.8 Å². The highest BCUT2D eigenvalue weighted by atomic mass is 19.1. The maximum Gasteiger partial charge on any atom is 0.319 e. The molecule has 2 N–H and O–H groups in total. The number of phenols is 1. The van der Waals surface area contributed by atoms with Crippen molar-refractivity contribution < 1.29 is 23.0 Å². The van der Waals surface area contributed by atoms with Crippen molar-refractivity contribution in [1.82, 2.24) is 20.2 Å². The van der Waals surface area contributed by atoms with Gasteiger partial charge in [0.25, 0.3) is 0 Å². The van der Waals surface area contributed by atoms with E-state index in [2.05, 4.69) is 20.1 Å². The number of nitrogens with one attached hydrogen (secondary N) is 1. The van der Waals surface area contributed by atoms with Gasteiger partial charge in [-0.2, -0.15) is 9.97 Å². The number of hydrogen-bond donors (Lipinski definition) is 2. The van der Waals surface area contributed by atoms with Gasteiger partial charge in [-0.1, -0.05) is 25.1 Å². The molecule has 10 heteroatoms. The first-order valence-electron chi connectivity index (χ1n) is 15.8. The van der Waals surface area contributed by atoms with Gasteiger partial charge in [0.15, 0.2) is 5.82 Å². The molecule has 4 atom stereocenters. The van der Waals surface area contributed by atoms with Crippen LogP contribution in [0, 0.1) is 11.6 Å². The average Bonchev–Trinajstić information content (AvgIpc) is 3.65. The standard InChI is InChI=1S/C34H36F3N5O2/c1-2-19-5-3-6-20-11-24(43)12-25(28(19)20)29-27(36)13-26-31(30(29)37)39-33(40-32(26)41-16-22-7-8-23(17-41)38-22)44-18-34-9-4-10-42(34)15-21(35)14-34/h3,5-6,11-13,21-23,38,43H,2,4,7-10,14-18H2,1H3/t21-,22?,23?,34+/m1/s1. The van der Waals surface area contributed by atoms with Crippen molar-refractivity contribution in [2.75, 3.05) is 37.7 Å². The van der Waals surface area contributed by atoms with Crippen molar-refractivity contribution in [3.05, 3.63) is 53.6 Å². The first-order chi connectivity index (χ1) is 21.3. The van der Waals surface area contributed by atoms with E-state index in [-0.39, 0.29) is 52.5 Å². The molecule has 5 heterocycles. The number of phenolic OH excluding ortho intramolecular Hbond substituents is 1. The number of alkyl halides is 1. The fraction of sp³-hybridized carbons (Fsp3) is 0.471. The van der Waals surface area contributed by atoms with Gasteiger partial charge >= 0.3 is 6.01 Å². The van der Waals surface area contributed by atoms with Gasteiger partial charge < -0.3 is 20.1 Å². The van der Waals surface area contributed by atoms with Crippen LogP contribution in [0.1, 0.15) is 44.6 Å². The predicted octanol–water partition coefficient (Wildman–Crippen LogP) is 5.89. The lowest BCUT2D eigenvalue weighted by atomic mass is 9.92. The summed E-state index contributed by atoms with van der Waals surface area (Å²) in [6.45, 7) is 4.73. The smallest absolute Gasteiger partial charge is 0.319 e. The zero-order chi connectivity index (χ0) is 30.2. The van der Waals surface area contributed by atoms with Gasteiger partial charge in [-0.3, -0.25) is 4.90 Å². The lowest BCUT2D eigenvalue weighted by Gasteiger charge is -2.34. The van der Waals surface area contributed by atoms with Gasteiger partial charge in [0, 0.05) is 43.5 Å². The van der Waals surface area contributed by atoms with E-state index in [1.807, 2.05) is 25.1 Å². The Balaban J connectivity index is 1.29. The Morgan fingerprint density at radius 3 is 2.70 bits per heavy atom. The largest absolute Gasteiger partial charge is 0.508 e. The van der Waals surface area contributed by atoms with Crippen molar-refractivity contribution >= 4 is 27.5 Å². The van der Waals surface area contributed by atoms with Crippen molar-refractivity contribution in [3.63, 3.8) is 0 Å². The molecule has 0 amide bonds. The summed E-state index contributed by atoms with van der Waals surface area (Å²) in [5.41, 5.74) is 0.497. The number of anilines is 1. The van der Waals surface area contributed by atoms with E-state index in [9.17, 15) is 9.50 Å². The molecule has 8 rings (SSSR count). The number of aromatic hydroxyl groups is 1. The van der Waals surface area contributed by atoms with Crippen molar-refractivity contribution in [2.45, 2.75) is 69.2 Å². The van der Waals surface area contributed by atoms with Gasteiger partial charge in [0.1, 0.15) is 35.7 Å². The number of fused-ring (bicyclic) bond motifs is 5. The zero-order valence-corrected chi connectivity index (χ0v) is 24.8. The van der Waals surface area contributed by atoms with E-state index in [1.165, 1.54) is 12.1 Å². The lowest BCUT2D eigenvalue weighted by molar-refractivity contribution is 0.107. The number of piperazine rings is 1. The second-order valence-corrected chi connectivity index (χ2v) is 13.0. The first-order valence-corrected chi connectivity index (χ1v) is 15.8. The van der Waals surface area contributed by atoms with Crippen LogP contribution in [0.3, 0.4) is 0 Å². The molecule has 7 nitrogen and oxygen atoms in total. The Morgan fingerprint density at radius 1 is 1.09 bits per heavy atom. The first kappa shape index (κ1) is 27.9. The molecule has 4 aromatic rings. The Hall–Kier alpha value is -3.63. The van der Waals surface area contributed by atoms with Crippen LogP contribution in [0.4, 0.5) is 19.0 Å². The summed E-state index contributed by atoms with van der Waals surface area (Å²) in [5.74, 6) is -1.20. The van der Waals surface area contributed by atoms with E-state index >= 15 is 8.78 Å². The number of nitrogens with zero attached hydrogens (tertiary/aromatic N) is 4. The highest BCUT2D eigenvalue weighted by Gasteiger charge is 2.49. The van der Waals surface area contributed by atoms with Gasteiger partial charge in [0.05, 0.1) is 11.1 Å². The van der Waals surface area contributed by atoms with E-state index < -0.39 is 23.3 Å². The fourth-order valence-electron chi connectivity index (χ4n) is 8.31. The topological polar surface area (TPSA) is 73.8 Å². The van der Waals surface area contributed by atoms with Crippen molar-refractivity contribution in [2.24, 2.45) is 0 Å². The maximum absolute atomic E-state index is 16.9. The van der Waals surface area contributed by atoms with Crippen molar-refractivity contribution in [3.8, 4) is 22.9 Å². The molecule has 4 fully saturated rings.